The third kappa shape index (κ3) is 4.22. The molecule has 3 aromatic rings. The van der Waals surface area contributed by atoms with Gasteiger partial charge in [0.2, 0.25) is 0 Å². The normalized spacial score (nSPS) is 11.6. The summed E-state index contributed by atoms with van der Waals surface area (Å²) in [6.07, 6.45) is 0. The number of aryl methyl sites for hydroxylation is 2. The highest BCUT2D eigenvalue weighted by Gasteiger charge is 2.15. The highest BCUT2D eigenvalue weighted by atomic mass is 32.2. The van der Waals surface area contributed by atoms with Crippen molar-refractivity contribution in [3.8, 4) is 11.1 Å². The van der Waals surface area contributed by atoms with Crippen molar-refractivity contribution in [2.45, 2.75) is 32.7 Å². The molecule has 25 heavy (non-hydrogen) atoms. The smallest absolute Gasteiger partial charge is 0.128 e. The first-order valence-electron chi connectivity index (χ1n) is 8.80. The second kappa shape index (κ2) is 8.30. The van der Waals surface area contributed by atoms with Gasteiger partial charge in [-0.05, 0) is 32.5 Å². The molecule has 0 unspecified atom stereocenters. The van der Waals surface area contributed by atoms with Gasteiger partial charge in [0.15, 0.2) is 0 Å². The zero-order chi connectivity index (χ0) is 17.8. The van der Waals surface area contributed by atoms with E-state index in [1.807, 2.05) is 18.7 Å². The monoisotopic (exact) mass is 371 g/mol. The van der Waals surface area contributed by atoms with Gasteiger partial charge < -0.3 is 4.90 Å². The molecular weight excluding hydrogens is 346 g/mol. The molecule has 3 nitrogen and oxygen atoms in total. The molecule has 3 rings (SSSR count). The lowest BCUT2D eigenvalue weighted by molar-refractivity contribution is 0.324. The van der Waals surface area contributed by atoms with Crippen molar-refractivity contribution in [1.82, 2.24) is 14.9 Å². The Labute approximate surface area is 158 Å². The fourth-order valence-corrected chi connectivity index (χ4v) is 5.02. The molecule has 0 saturated heterocycles. The van der Waals surface area contributed by atoms with Gasteiger partial charge in [-0.15, -0.1) is 23.1 Å². The van der Waals surface area contributed by atoms with Crippen LogP contribution in [0.5, 0.6) is 0 Å². The Morgan fingerprint density at radius 3 is 2.44 bits per heavy atom. The van der Waals surface area contributed by atoms with Crippen molar-refractivity contribution in [2.75, 3.05) is 25.4 Å². The number of aromatic nitrogens is 2. The Kier molecular flexibility index (Phi) is 6.10. The van der Waals surface area contributed by atoms with E-state index in [4.69, 9.17) is 4.98 Å². The molecule has 132 valence electrons. The van der Waals surface area contributed by atoms with Crippen LogP contribution in [-0.2, 0) is 0 Å². The van der Waals surface area contributed by atoms with Crippen LogP contribution in [-0.4, -0.2) is 40.3 Å². The summed E-state index contributed by atoms with van der Waals surface area (Å²) >= 11 is 3.57. The first-order valence-corrected chi connectivity index (χ1v) is 10.7. The van der Waals surface area contributed by atoms with Crippen LogP contribution >= 0.6 is 23.1 Å². The number of rotatable bonds is 7. The summed E-state index contributed by atoms with van der Waals surface area (Å²) in [5.74, 6) is 1.91. The molecule has 0 fully saturated rings. The van der Waals surface area contributed by atoms with Crippen LogP contribution in [0.3, 0.4) is 0 Å². The Hall–Kier alpha value is -1.43. The van der Waals surface area contributed by atoms with Crippen LogP contribution in [0.15, 0.2) is 34.7 Å². The van der Waals surface area contributed by atoms with Crippen molar-refractivity contribution in [2.24, 2.45) is 0 Å². The molecule has 0 spiro atoms. The first-order chi connectivity index (χ1) is 12.1. The second-order valence-electron chi connectivity index (χ2n) is 6.15. The topological polar surface area (TPSA) is 29.0 Å². The molecule has 0 aliphatic rings. The lowest BCUT2D eigenvalue weighted by Crippen LogP contribution is -2.25. The van der Waals surface area contributed by atoms with E-state index in [0.29, 0.717) is 0 Å². The molecule has 0 saturated carbocycles. The fourth-order valence-electron chi connectivity index (χ4n) is 2.87. The van der Waals surface area contributed by atoms with Gasteiger partial charge in [0, 0.05) is 23.2 Å². The number of fused-ring (bicyclic) bond motifs is 1. The van der Waals surface area contributed by atoms with Crippen molar-refractivity contribution in [3.63, 3.8) is 0 Å². The SMILES string of the molecule is CCN(CC)CCSc1nc(C)nc2scc(-c3ccc(C)cc3)c12. The van der Waals surface area contributed by atoms with Crippen LogP contribution in [0, 0.1) is 13.8 Å². The van der Waals surface area contributed by atoms with E-state index in [0.717, 1.165) is 41.1 Å². The Bertz CT molecular complexity index is 836. The van der Waals surface area contributed by atoms with Gasteiger partial charge in [-0.2, -0.15) is 0 Å². The van der Waals surface area contributed by atoms with E-state index in [-0.39, 0.29) is 0 Å². The van der Waals surface area contributed by atoms with Crippen molar-refractivity contribution >= 4 is 33.3 Å². The molecule has 0 N–H and O–H groups in total. The van der Waals surface area contributed by atoms with Gasteiger partial charge in [-0.25, -0.2) is 9.97 Å². The second-order valence-corrected chi connectivity index (χ2v) is 8.09. The maximum absolute atomic E-state index is 4.77. The minimum atomic E-state index is 0.857. The number of thiophene rings is 1. The van der Waals surface area contributed by atoms with Crippen LogP contribution in [0.1, 0.15) is 25.2 Å². The fraction of sp³-hybridized carbons (Fsp3) is 0.400. The van der Waals surface area contributed by atoms with Gasteiger partial charge in [-0.3, -0.25) is 0 Å². The van der Waals surface area contributed by atoms with E-state index < -0.39 is 0 Å². The van der Waals surface area contributed by atoms with E-state index >= 15 is 0 Å². The average Bonchev–Trinajstić information content (AvgIpc) is 3.03. The maximum atomic E-state index is 4.77. The number of nitrogens with zero attached hydrogens (tertiary/aromatic N) is 3. The predicted octanol–water partition coefficient (Wildman–Crippen LogP) is 5.41. The van der Waals surface area contributed by atoms with Gasteiger partial charge in [0.1, 0.15) is 15.7 Å². The van der Waals surface area contributed by atoms with Gasteiger partial charge in [0.25, 0.3) is 0 Å². The summed E-state index contributed by atoms with van der Waals surface area (Å²) in [7, 11) is 0. The molecule has 0 amide bonds. The number of hydrogen-bond donors (Lipinski definition) is 0. The van der Waals surface area contributed by atoms with Gasteiger partial charge in [0.05, 0.1) is 5.39 Å². The summed E-state index contributed by atoms with van der Waals surface area (Å²) < 4.78 is 0. The van der Waals surface area contributed by atoms with E-state index in [1.165, 1.54) is 22.1 Å². The average molecular weight is 372 g/mol. The molecule has 1 aromatic carbocycles. The summed E-state index contributed by atoms with van der Waals surface area (Å²) in [6, 6.07) is 8.73. The van der Waals surface area contributed by atoms with E-state index in [2.05, 4.69) is 60.3 Å². The molecule has 5 heteroatoms. The highest BCUT2D eigenvalue weighted by Crippen LogP contribution is 2.38. The number of hydrogen-bond acceptors (Lipinski definition) is 5. The van der Waals surface area contributed by atoms with E-state index in [1.54, 1.807) is 11.3 Å². The zero-order valence-electron chi connectivity index (χ0n) is 15.4. The van der Waals surface area contributed by atoms with Crippen LogP contribution in [0.2, 0.25) is 0 Å². The molecular formula is C20H25N3S2. The molecule has 0 radical (unpaired) electrons. The quantitative estimate of drug-likeness (QED) is 0.410. The van der Waals surface area contributed by atoms with Crippen LogP contribution < -0.4 is 0 Å². The third-order valence-corrected chi connectivity index (χ3v) is 6.24. The van der Waals surface area contributed by atoms with Gasteiger partial charge in [-0.1, -0.05) is 43.7 Å². The molecule has 2 heterocycles. The minimum absolute atomic E-state index is 0.857. The zero-order valence-corrected chi connectivity index (χ0v) is 17.0. The van der Waals surface area contributed by atoms with Crippen molar-refractivity contribution in [1.29, 1.82) is 0 Å². The Morgan fingerprint density at radius 1 is 1.04 bits per heavy atom. The molecule has 2 aromatic heterocycles. The van der Waals surface area contributed by atoms with Crippen molar-refractivity contribution in [3.05, 3.63) is 41.0 Å². The minimum Gasteiger partial charge on any atom is -0.303 e. The summed E-state index contributed by atoms with van der Waals surface area (Å²) in [6.45, 7) is 11.8. The molecule has 0 atom stereocenters. The Morgan fingerprint density at radius 2 is 1.76 bits per heavy atom. The van der Waals surface area contributed by atoms with Crippen LogP contribution in [0.25, 0.3) is 21.3 Å². The van der Waals surface area contributed by atoms with Gasteiger partial charge >= 0.3 is 0 Å². The third-order valence-electron chi connectivity index (χ3n) is 4.42. The Balaban J connectivity index is 1.94. The number of benzene rings is 1. The lowest BCUT2D eigenvalue weighted by atomic mass is 10.1. The van der Waals surface area contributed by atoms with E-state index in [9.17, 15) is 0 Å². The standard InChI is InChI=1S/C20H25N3S2/c1-5-23(6-2)11-12-24-19-18-17(16-9-7-14(3)8-10-16)13-25-20(18)22-15(4)21-19/h7-10,13H,5-6,11-12H2,1-4H3. The van der Waals surface area contributed by atoms with Crippen molar-refractivity contribution < 1.29 is 0 Å². The first kappa shape index (κ1) is 18.4. The maximum Gasteiger partial charge on any atom is 0.128 e. The summed E-state index contributed by atoms with van der Waals surface area (Å²) in [5, 5.41) is 4.55. The lowest BCUT2D eigenvalue weighted by Gasteiger charge is -2.17. The summed E-state index contributed by atoms with van der Waals surface area (Å²) in [5.41, 5.74) is 3.78. The largest absolute Gasteiger partial charge is 0.303 e. The molecule has 0 aliphatic heterocycles. The molecule has 0 aliphatic carbocycles. The molecule has 0 bridgehead atoms. The predicted molar refractivity (Wildman–Crippen MR) is 111 cm³/mol. The summed E-state index contributed by atoms with van der Waals surface area (Å²) in [4.78, 5) is 13.0. The highest BCUT2D eigenvalue weighted by molar-refractivity contribution is 7.99. The van der Waals surface area contributed by atoms with Crippen LogP contribution in [0.4, 0.5) is 0 Å². The number of thioether (sulfide) groups is 1.